The maximum absolute atomic E-state index is 13.5. The van der Waals surface area contributed by atoms with Crippen LogP contribution in [-0.2, 0) is 0 Å². The molecule has 0 aliphatic rings. The molecule has 0 saturated heterocycles. The first-order valence-electron chi connectivity index (χ1n) is 8.15. The average molecular weight is 379 g/mol. The van der Waals surface area contributed by atoms with Crippen LogP contribution >= 0.6 is 11.3 Å². The van der Waals surface area contributed by atoms with Crippen molar-refractivity contribution in [2.75, 3.05) is 5.01 Å². The molecule has 7 heteroatoms. The molecule has 2 aromatic heterocycles. The summed E-state index contributed by atoms with van der Waals surface area (Å²) in [5, 5.41) is 5.84. The topological polar surface area (TPSA) is 58.7 Å². The number of carbonyl (C=O) groups excluding carboxylic acids is 1. The highest BCUT2D eigenvalue weighted by atomic mass is 32.1. The van der Waals surface area contributed by atoms with Gasteiger partial charge in [0.15, 0.2) is 0 Å². The number of amides is 1. The first-order chi connectivity index (χ1) is 13.1. The number of anilines is 1. The lowest BCUT2D eigenvalue weighted by atomic mass is 10.1. The lowest BCUT2D eigenvalue weighted by molar-refractivity contribution is 0.0987. The number of nitrogens with zero attached hydrogens (tertiary/aromatic N) is 3. The summed E-state index contributed by atoms with van der Waals surface area (Å²) >= 11 is 1.19. The number of carbonyl (C=O) groups is 1. The lowest BCUT2D eigenvalue weighted by Gasteiger charge is -2.13. The molecule has 5 nitrogen and oxygen atoms in total. The number of fused-ring (bicyclic) bond motifs is 1. The summed E-state index contributed by atoms with van der Waals surface area (Å²) in [6, 6.07) is 15.0. The van der Waals surface area contributed by atoms with Crippen molar-refractivity contribution in [3.05, 3.63) is 83.6 Å². The minimum absolute atomic E-state index is 0.332. The Morgan fingerprint density at radius 2 is 2.11 bits per heavy atom. The molecule has 0 fully saturated rings. The van der Waals surface area contributed by atoms with E-state index in [0.717, 1.165) is 5.56 Å². The molecule has 27 heavy (non-hydrogen) atoms. The molecule has 2 heterocycles. The molecular formula is C20H14FN3O2S. The third-order valence-corrected chi connectivity index (χ3v) is 4.82. The van der Waals surface area contributed by atoms with E-state index in [9.17, 15) is 9.18 Å². The zero-order valence-electron chi connectivity index (χ0n) is 14.3. The van der Waals surface area contributed by atoms with Gasteiger partial charge in [0.1, 0.15) is 11.6 Å². The van der Waals surface area contributed by atoms with E-state index in [1.165, 1.54) is 41.0 Å². The van der Waals surface area contributed by atoms with E-state index >= 15 is 0 Å². The zero-order chi connectivity index (χ0) is 18.8. The number of hydrazone groups is 1. The van der Waals surface area contributed by atoms with Crippen LogP contribution in [0.25, 0.3) is 10.2 Å². The van der Waals surface area contributed by atoms with Gasteiger partial charge in [0.25, 0.3) is 5.91 Å². The molecule has 4 rings (SSSR count). The van der Waals surface area contributed by atoms with Crippen LogP contribution in [-0.4, -0.2) is 17.1 Å². The van der Waals surface area contributed by atoms with E-state index in [-0.39, 0.29) is 11.7 Å². The van der Waals surface area contributed by atoms with Crippen LogP contribution in [0.4, 0.5) is 9.52 Å². The maximum atomic E-state index is 13.5. The number of hydrogen-bond donors (Lipinski definition) is 0. The molecule has 0 atom stereocenters. The Hall–Kier alpha value is -3.32. The molecule has 0 radical (unpaired) electrons. The molecule has 4 aromatic rings. The summed E-state index contributed by atoms with van der Waals surface area (Å²) in [5.41, 5.74) is 2.05. The van der Waals surface area contributed by atoms with E-state index in [0.29, 0.717) is 26.7 Å². The monoisotopic (exact) mass is 379 g/mol. The fourth-order valence-corrected chi connectivity index (χ4v) is 3.49. The van der Waals surface area contributed by atoms with E-state index in [1.807, 2.05) is 19.1 Å². The van der Waals surface area contributed by atoms with Crippen LogP contribution in [0.2, 0.25) is 0 Å². The van der Waals surface area contributed by atoms with Gasteiger partial charge in [-0.2, -0.15) is 10.1 Å². The first kappa shape index (κ1) is 17.1. The van der Waals surface area contributed by atoms with Crippen molar-refractivity contribution >= 4 is 38.8 Å². The Kier molecular flexibility index (Phi) is 4.52. The Balaban J connectivity index is 1.77. The van der Waals surface area contributed by atoms with Crippen molar-refractivity contribution in [1.29, 1.82) is 0 Å². The number of furan rings is 1. The fraction of sp³-hybridized carbons (Fsp3) is 0.0500. The molecule has 1 amide bonds. The molecule has 0 spiro atoms. The average Bonchev–Trinajstić information content (AvgIpc) is 3.31. The van der Waals surface area contributed by atoms with Crippen molar-refractivity contribution in [2.24, 2.45) is 5.10 Å². The van der Waals surface area contributed by atoms with E-state index in [1.54, 1.807) is 30.3 Å². The van der Waals surface area contributed by atoms with Gasteiger partial charge in [-0.3, -0.25) is 4.79 Å². The highest BCUT2D eigenvalue weighted by Crippen LogP contribution is 2.30. The van der Waals surface area contributed by atoms with Crippen molar-refractivity contribution in [3.8, 4) is 0 Å². The molecule has 0 aliphatic carbocycles. The summed E-state index contributed by atoms with van der Waals surface area (Å²) in [7, 11) is 0. The van der Waals surface area contributed by atoms with Crippen molar-refractivity contribution in [2.45, 2.75) is 6.92 Å². The van der Waals surface area contributed by atoms with Gasteiger partial charge < -0.3 is 4.42 Å². The SMILES string of the molecule is Cc1cccc(C(=O)N(/N=C/c2ccco2)c2nc3ccc(F)cc3s2)c1. The van der Waals surface area contributed by atoms with Crippen LogP contribution in [0, 0.1) is 12.7 Å². The number of aromatic nitrogens is 1. The molecule has 0 aliphatic heterocycles. The van der Waals surface area contributed by atoms with Crippen LogP contribution in [0.15, 0.2) is 70.4 Å². The molecular weight excluding hydrogens is 365 g/mol. The molecule has 134 valence electrons. The highest BCUT2D eigenvalue weighted by Gasteiger charge is 2.21. The number of hydrogen-bond acceptors (Lipinski definition) is 5. The Morgan fingerprint density at radius 3 is 2.89 bits per heavy atom. The number of rotatable bonds is 4. The highest BCUT2D eigenvalue weighted by molar-refractivity contribution is 7.22. The van der Waals surface area contributed by atoms with Crippen LogP contribution < -0.4 is 5.01 Å². The largest absolute Gasteiger partial charge is 0.463 e. The molecule has 0 saturated carbocycles. The second kappa shape index (κ2) is 7.13. The standard InChI is InChI=1S/C20H14FN3O2S/c1-13-4-2-5-14(10-13)19(25)24(22-12-16-6-3-9-26-16)20-23-17-8-7-15(21)11-18(17)27-20/h2-12H,1H3/b22-12+. The number of benzene rings is 2. The number of halogens is 1. The summed E-state index contributed by atoms with van der Waals surface area (Å²) in [4.78, 5) is 17.5. The quantitative estimate of drug-likeness (QED) is 0.370. The van der Waals surface area contributed by atoms with Gasteiger partial charge in [0, 0.05) is 5.56 Å². The molecule has 0 unspecified atom stereocenters. The van der Waals surface area contributed by atoms with Crippen LogP contribution in [0.5, 0.6) is 0 Å². The summed E-state index contributed by atoms with van der Waals surface area (Å²) < 4.78 is 19.4. The minimum atomic E-state index is -0.353. The summed E-state index contributed by atoms with van der Waals surface area (Å²) in [6.45, 7) is 1.91. The summed E-state index contributed by atoms with van der Waals surface area (Å²) in [5.74, 6) is -0.182. The van der Waals surface area contributed by atoms with Gasteiger partial charge in [0.05, 0.1) is 22.7 Å². The predicted molar refractivity (Wildman–Crippen MR) is 104 cm³/mol. The predicted octanol–water partition coefficient (Wildman–Crippen LogP) is 5.02. The van der Waals surface area contributed by atoms with Crippen LogP contribution in [0.3, 0.4) is 0 Å². The third-order valence-electron chi connectivity index (χ3n) is 3.82. The summed E-state index contributed by atoms with van der Waals surface area (Å²) in [6.07, 6.45) is 2.97. The smallest absolute Gasteiger partial charge is 0.280 e. The fourth-order valence-electron chi connectivity index (χ4n) is 2.55. The van der Waals surface area contributed by atoms with Gasteiger partial charge in [-0.1, -0.05) is 29.0 Å². The Bertz CT molecular complexity index is 1140. The van der Waals surface area contributed by atoms with E-state index in [4.69, 9.17) is 4.42 Å². The lowest BCUT2D eigenvalue weighted by Crippen LogP contribution is -2.25. The maximum Gasteiger partial charge on any atom is 0.280 e. The molecule has 2 aromatic carbocycles. The van der Waals surface area contributed by atoms with Crippen molar-refractivity contribution < 1.29 is 13.6 Å². The van der Waals surface area contributed by atoms with E-state index in [2.05, 4.69) is 10.1 Å². The first-order valence-corrected chi connectivity index (χ1v) is 8.96. The normalized spacial score (nSPS) is 11.3. The van der Waals surface area contributed by atoms with Crippen LogP contribution in [0.1, 0.15) is 21.7 Å². The second-order valence-electron chi connectivity index (χ2n) is 5.85. The second-order valence-corrected chi connectivity index (χ2v) is 6.86. The van der Waals surface area contributed by atoms with Gasteiger partial charge >= 0.3 is 0 Å². The Morgan fingerprint density at radius 1 is 1.22 bits per heavy atom. The minimum Gasteiger partial charge on any atom is -0.463 e. The number of thiazole rings is 1. The van der Waals surface area contributed by atoms with Gasteiger partial charge in [-0.25, -0.2) is 9.37 Å². The van der Waals surface area contributed by atoms with Crippen molar-refractivity contribution in [1.82, 2.24) is 4.98 Å². The van der Waals surface area contributed by atoms with Crippen molar-refractivity contribution in [3.63, 3.8) is 0 Å². The molecule has 0 bridgehead atoms. The van der Waals surface area contributed by atoms with Gasteiger partial charge in [-0.15, -0.1) is 0 Å². The number of aryl methyl sites for hydroxylation is 1. The molecule has 0 N–H and O–H groups in total. The zero-order valence-corrected chi connectivity index (χ0v) is 15.1. The van der Waals surface area contributed by atoms with E-state index < -0.39 is 0 Å². The van der Waals surface area contributed by atoms with Gasteiger partial charge in [-0.05, 0) is 49.4 Å². The van der Waals surface area contributed by atoms with Gasteiger partial charge in [0.2, 0.25) is 5.13 Å². The third kappa shape index (κ3) is 3.63. The Labute approximate surface area is 158 Å².